The molecule has 21 heavy (non-hydrogen) atoms. The van der Waals surface area contributed by atoms with Crippen molar-refractivity contribution in [1.82, 2.24) is 40.0 Å². The molecule has 3 heterocycles. The molecule has 0 unspecified atom stereocenters. The van der Waals surface area contributed by atoms with Crippen LogP contribution in [-0.2, 0) is 6.54 Å². The largest absolute Gasteiger partial charge is 0.264 e. The van der Waals surface area contributed by atoms with Crippen molar-refractivity contribution in [2.45, 2.75) is 32.2 Å². The molecule has 0 aliphatic heterocycles. The predicted molar refractivity (Wildman–Crippen MR) is 72.8 cm³/mol. The Morgan fingerprint density at radius 2 is 2.24 bits per heavy atom. The minimum absolute atomic E-state index is 0.495. The van der Waals surface area contributed by atoms with Crippen LogP contribution in [0.3, 0.4) is 0 Å². The van der Waals surface area contributed by atoms with E-state index >= 15 is 0 Å². The molecular formula is C13H14N8. The maximum absolute atomic E-state index is 4.68. The minimum atomic E-state index is 0.495. The third kappa shape index (κ3) is 2.28. The van der Waals surface area contributed by atoms with E-state index < -0.39 is 0 Å². The first-order valence-corrected chi connectivity index (χ1v) is 6.89. The maximum Gasteiger partial charge on any atom is 0.154 e. The molecule has 0 aromatic carbocycles. The number of rotatable bonds is 4. The van der Waals surface area contributed by atoms with Gasteiger partial charge in [0.2, 0.25) is 0 Å². The van der Waals surface area contributed by atoms with Crippen molar-refractivity contribution in [1.29, 1.82) is 0 Å². The zero-order valence-electron chi connectivity index (χ0n) is 11.6. The van der Waals surface area contributed by atoms with Crippen LogP contribution in [0.15, 0.2) is 24.8 Å². The van der Waals surface area contributed by atoms with Gasteiger partial charge in [-0.15, -0.1) is 5.10 Å². The molecule has 0 bridgehead atoms. The van der Waals surface area contributed by atoms with Gasteiger partial charge in [0.15, 0.2) is 11.6 Å². The van der Waals surface area contributed by atoms with E-state index in [1.807, 2.05) is 23.9 Å². The van der Waals surface area contributed by atoms with Crippen LogP contribution in [0.4, 0.5) is 0 Å². The fraction of sp³-hybridized carbons (Fsp3) is 0.385. The second-order valence-electron chi connectivity index (χ2n) is 5.24. The van der Waals surface area contributed by atoms with Crippen LogP contribution in [0, 0.1) is 6.92 Å². The van der Waals surface area contributed by atoms with Gasteiger partial charge in [0.05, 0.1) is 5.69 Å². The Morgan fingerprint density at radius 1 is 1.33 bits per heavy atom. The number of hydrogen-bond acceptors (Lipinski definition) is 6. The zero-order chi connectivity index (χ0) is 14.2. The summed E-state index contributed by atoms with van der Waals surface area (Å²) in [6.45, 7) is 2.51. The Balaban J connectivity index is 1.79. The van der Waals surface area contributed by atoms with Crippen LogP contribution in [-0.4, -0.2) is 40.0 Å². The highest BCUT2D eigenvalue weighted by molar-refractivity contribution is 5.37. The average Bonchev–Trinajstić information content (AvgIpc) is 3.06. The Kier molecular flexibility index (Phi) is 2.73. The molecule has 0 spiro atoms. The SMILES string of the molecule is Cc1cnccc1-n1nc(C2CC2)nc1Cn1cnnn1. The maximum atomic E-state index is 4.68. The summed E-state index contributed by atoms with van der Waals surface area (Å²) < 4.78 is 3.53. The van der Waals surface area contributed by atoms with Crippen LogP contribution >= 0.6 is 0 Å². The van der Waals surface area contributed by atoms with Gasteiger partial charge >= 0.3 is 0 Å². The molecule has 1 saturated carbocycles. The van der Waals surface area contributed by atoms with Gasteiger partial charge in [0, 0.05) is 18.3 Å². The van der Waals surface area contributed by atoms with E-state index in [0.29, 0.717) is 12.5 Å². The predicted octanol–water partition coefficient (Wildman–Crippen LogP) is 0.883. The first kappa shape index (κ1) is 12.1. The number of pyridine rings is 1. The minimum Gasteiger partial charge on any atom is -0.264 e. The highest BCUT2D eigenvalue weighted by atomic mass is 15.5. The van der Waals surface area contributed by atoms with E-state index in [4.69, 9.17) is 0 Å². The van der Waals surface area contributed by atoms with Crippen molar-refractivity contribution in [3.63, 3.8) is 0 Å². The van der Waals surface area contributed by atoms with Gasteiger partial charge in [-0.05, 0) is 41.8 Å². The molecular weight excluding hydrogens is 268 g/mol. The van der Waals surface area contributed by atoms with Gasteiger partial charge in [-0.2, -0.15) is 5.10 Å². The number of nitrogens with zero attached hydrogens (tertiary/aromatic N) is 8. The van der Waals surface area contributed by atoms with Crippen molar-refractivity contribution < 1.29 is 0 Å². The number of aromatic nitrogens is 8. The molecule has 3 aromatic heterocycles. The standard InChI is InChI=1S/C13H14N8/c1-9-6-14-5-4-11(9)21-12(7-20-8-15-18-19-20)16-13(17-21)10-2-3-10/h4-6,8,10H,2-3,7H2,1H3. The fourth-order valence-electron chi connectivity index (χ4n) is 2.27. The smallest absolute Gasteiger partial charge is 0.154 e. The van der Waals surface area contributed by atoms with Crippen molar-refractivity contribution in [3.05, 3.63) is 42.0 Å². The lowest BCUT2D eigenvalue weighted by Gasteiger charge is -2.07. The molecule has 8 nitrogen and oxygen atoms in total. The normalized spacial score (nSPS) is 14.5. The van der Waals surface area contributed by atoms with Crippen LogP contribution in [0.25, 0.3) is 5.69 Å². The first-order chi connectivity index (χ1) is 10.3. The van der Waals surface area contributed by atoms with Crippen LogP contribution < -0.4 is 0 Å². The van der Waals surface area contributed by atoms with E-state index in [0.717, 1.165) is 22.9 Å². The average molecular weight is 282 g/mol. The van der Waals surface area contributed by atoms with E-state index in [1.54, 1.807) is 17.2 Å². The monoisotopic (exact) mass is 282 g/mol. The number of tetrazole rings is 1. The summed E-state index contributed by atoms with van der Waals surface area (Å²) in [6, 6.07) is 1.95. The molecule has 106 valence electrons. The lowest BCUT2D eigenvalue weighted by molar-refractivity contribution is 0.608. The van der Waals surface area contributed by atoms with E-state index in [-0.39, 0.29) is 0 Å². The van der Waals surface area contributed by atoms with Crippen molar-refractivity contribution >= 4 is 0 Å². The Hall–Kier alpha value is -2.64. The summed E-state index contributed by atoms with van der Waals surface area (Å²) in [6.07, 6.45) is 7.51. The van der Waals surface area contributed by atoms with Crippen LogP contribution in [0.1, 0.15) is 36.0 Å². The third-order valence-corrected chi connectivity index (χ3v) is 3.55. The second kappa shape index (κ2) is 4.72. The Bertz CT molecular complexity index is 756. The Labute approximate surface area is 120 Å². The summed E-state index contributed by atoms with van der Waals surface area (Å²) in [4.78, 5) is 8.81. The van der Waals surface area contributed by atoms with E-state index in [2.05, 4.69) is 30.6 Å². The summed E-state index contributed by atoms with van der Waals surface area (Å²) in [5.74, 6) is 2.24. The van der Waals surface area contributed by atoms with Gasteiger partial charge in [-0.1, -0.05) is 0 Å². The quantitative estimate of drug-likeness (QED) is 0.706. The molecule has 1 aliphatic rings. The molecule has 0 amide bonds. The topological polar surface area (TPSA) is 87.2 Å². The van der Waals surface area contributed by atoms with Crippen molar-refractivity contribution in [2.75, 3.05) is 0 Å². The summed E-state index contributed by atoms with van der Waals surface area (Å²) in [5.41, 5.74) is 2.05. The first-order valence-electron chi connectivity index (χ1n) is 6.89. The highest BCUT2D eigenvalue weighted by Crippen LogP contribution is 2.38. The lowest BCUT2D eigenvalue weighted by Crippen LogP contribution is -2.10. The third-order valence-electron chi connectivity index (χ3n) is 3.55. The molecule has 4 rings (SSSR count). The van der Waals surface area contributed by atoms with Gasteiger partial charge < -0.3 is 0 Å². The molecule has 0 N–H and O–H groups in total. The van der Waals surface area contributed by atoms with Crippen LogP contribution in [0.2, 0.25) is 0 Å². The molecule has 0 atom stereocenters. The van der Waals surface area contributed by atoms with Gasteiger partial charge in [-0.3, -0.25) is 4.98 Å². The van der Waals surface area contributed by atoms with Crippen molar-refractivity contribution in [2.24, 2.45) is 0 Å². The Morgan fingerprint density at radius 3 is 2.95 bits per heavy atom. The van der Waals surface area contributed by atoms with E-state index in [1.165, 1.54) is 12.8 Å². The van der Waals surface area contributed by atoms with Gasteiger partial charge in [0.1, 0.15) is 12.9 Å². The van der Waals surface area contributed by atoms with Gasteiger partial charge in [0.25, 0.3) is 0 Å². The molecule has 3 aromatic rings. The zero-order valence-corrected chi connectivity index (χ0v) is 11.6. The molecule has 8 heteroatoms. The molecule has 1 aliphatic carbocycles. The molecule has 0 radical (unpaired) electrons. The summed E-state index contributed by atoms with van der Waals surface area (Å²) in [7, 11) is 0. The van der Waals surface area contributed by atoms with Crippen LogP contribution in [0.5, 0.6) is 0 Å². The second-order valence-corrected chi connectivity index (χ2v) is 5.24. The molecule has 1 fully saturated rings. The van der Waals surface area contributed by atoms with E-state index in [9.17, 15) is 0 Å². The fourth-order valence-corrected chi connectivity index (χ4v) is 2.27. The van der Waals surface area contributed by atoms with Gasteiger partial charge in [-0.25, -0.2) is 14.3 Å². The number of aryl methyl sites for hydroxylation is 1. The lowest BCUT2D eigenvalue weighted by atomic mass is 10.2. The molecule has 0 saturated heterocycles. The highest BCUT2D eigenvalue weighted by Gasteiger charge is 2.29. The summed E-state index contributed by atoms with van der Waals surface area (Å²) in [5, 5.41) is 15.9. The number of hydrogen-bond donors (Lipinski definition) is 0. The summed E-state index contributed by atoms with van der Waals surface area (Å²) >= 11 is 0. The van der Waals surface area contributed by atoms with Crippen molar-refractivity contribution in [3.8, 4) is 5.69 Å².